The van der Waals surface area contributed by atoms with Gasteiger partial charge in [0.15, 0.2) is 10.9 Å². The molecular formula is C20H15Cl2F3N2OS. The third-order valence-electron chi connectivity index (χ3n) is 5.28. The first-order valence-corrected chi connectivity index (χ1v) is 10.4. The number of carbonyl (C=O) groups excluding carboxylic acids is 1. The topological polar surface area (TPSA) is 33.2 Å². The number of Topliss-reactive ketones (excluding diaryl/α,β-unsaturated/α-hetero) is 1. The molecule has 9 heteroatoms. The molecule has 1 aromatic heterocycles. The van der Waals surface area contributed by atoms with Crippen LogP contribution >= 0.6 is 34.5 Å². The second kappa shape index (κ2) is 7.15. The minimum atomic E-state index is -4.49. The van der Waals surface area contributed by atoms with E-state index in [0.717, 1.165) is 0 Å². The number of alkyl halides is 3. The maximum absolute atomic E-state index is 14.3. The molecule has 0 bridgehead atoms. The molecule has 29 heavy (non-hydrogen) atoms. The standard InChI is InChI=1S/C20H15Cl2F3N2OS/c1-11(28)15-3-2-4-16-17(15)29-18(26-16)27-6-5-19(10-27,20(23,24)25)12-7-13(21)9-14(22)8-12/h2-4,7-9H,5-6,10H2,1H3. The molecule has 0 saturated carbocycles. The van der Waals surface area contributed by atoms with Gasteiger partial charge in [-0.2, -0.15) is 13.2 Å². The molecule has 0 N–H and O–H groups in total. The van der Waals surface area contributed by atoms with Crippen molar-refractivity contribution < 1.29 is 18.0 Å². The van der Waals surface area contributed by atoms with Crippen molar-refractivity contribution in [2.75, 3.05) is 18.0 Å². The fraction of sp³-hybridized carbons (Fsp3) is 0.300. The van der Waals surface area contributed by atoms with Gasteiger partial charge in [-0.15, -0.1) is 0 Å². The van der Waals surface area contributed by atoms with Crippen molar-refractivity contribution in [1.82, 2.24) is 4.98 Å². The minimum Gasteiger partial charge on any atom is -0.347 e. The average Bonchev–Trinajstić information content (AvgIpc) is 3.25. The molecule has 0 radical (unpaired) electrons. The van der Waals surface area contributed by atoms with Crippen LogP contribution in [0, 0.1) is 0 Å². The van der Waals surface area contributed by atoms with Crippen molar-refractivity contribution in [2.45, 2.75) is 24.9 Å². The molecule has 1 atom stereocenters. The van der Waals surface area contributed by atoms with Gasteiger partial charge in [-0.3, -0.25) is 4.79 Å². The molecular weight excluding hydrogens is 444 g/mol. The second-order valence-corrected chi connectivity index (χ2v) is 8.97. The Hall–Kier alpha value is -1.83. The van der Waals surface area contributed by atoms with Gasteiger partial charge in [0.2, 0.25) is 0 Å². The highest BCUT2D eigenvalue weighted by Crippen LogP contribution is 2.50. The quantitative estimate of drug-likeness (QED) is 0.419. The van der Waals surface area contributed by atoms with E-state index in [1.54, 1.807) is 23.1 Å². The zero-order chi connectivity index (χ0) is 21.0. The fourth-order valence-electron chi connectivity index (χ4n) is 3.78. The number of rotatable bonds is 3. The number of halogens is 5. The molecule has 152 valence electrons. The summed E-state index contributed by atoms with van der Waals surface area (Å²) in [5, 5.41) is 0.800. The van der Waals surface area contributed by atoms with Gasteiger partial charge in [0, 0.05) is 28.7 Å². The minimum absolute atomic E-state index is 0.0514. The molecule has 2 heterocycles. The molecule has 1 unspecified atom stereocenters. The van der Waals surface area contributed by atoms with E-state index >= 15 is 0 Å². The molecule has 3 aromatic rings. The predicted octanol–water partition coefficient (Wildman–Crippen LogP) is 6.52. The van der Waals surface area contributed by atoms with Crippen LogP contribution in [-0.2, 0) is 5.41 Å². The van der Waals surface area contributed by atoms with Gasteiger partial charge in [-0.1, -0.05) is 40.6 Å². The van der Waals surface area contributed by atoms with Crippen molar-refractivity contribution in [3.8, 4) is 0 Å². The summed E-state index contributed by atoms with van der Waals surface area (Å²) in [6.07, 6.45) is -4.63. The van der Waals surface area contributed by atoms with Gasteiger partial charge in [0.1, 0.15) is 5.41 Å². The van der Waals surface area contributed by atoms with Crippen LogP contribution in [0.1, 0.15) is 29.3 Å². The molecule has 0 spiro atoms. The molecule has 0 aliphatic carbocycles. The molecule has 1 fully saturated rings. The summed E-state index contributed by atoms with van der Waals surface area (Å²) in [6.45, 7) is 1.35. The Labute approximate surface area is 179 Å². The zero-order valence-corrected chi connectivity index (χ0v) is 17.5. The number of anilines is 1. The first-order valence-electron chi connectivity index (χ1n) is 8.79. The maximum atomic E-state index is 14.3. The highest BCUT2D eigenvalue weighted by molar-refractivity contribution is 7.22. The van der Waals surface area contributed by atoms with E-state index in [4.69, 9.17) is 23.2 Å². The van der Waals surface area contributed by atoms with Gasteiger partial charge in [-0.05, 0) is 49.2 Å². The van der Waals surface area contributed by atoms with E-state index < -0.39 is 11.6 Å². The molecule has 4 rings (SSSR count). The van der Waals surface area contributed by atoms with E-state index in [2.05, 4.69) is 4.98 Å². The first-order chi connectivity index (χ1) is 13.6. The number of hydrogen-bond donors (Lipinski definition) is 0. The zero-order valence-electron chi connectivity index (χ0n) is 15.2. The lowest BCUT2D eigenvalue weighted by atomic mass is 9.79. The van der Waals surface area contributed by atoms with Crippen LogP contribution in [0.3, 0.4) is 0 Å². The van der Waals surface area contributed by atoms with Gasteiger partial charge >= 0.3 is 6.18 Å². The van der Waals surface area contributed by atoms with Crippen LogP contribution in [-0.4, -0.2) is 30.0 Å². The number of hydrogen-bond acceptors (Lipinski definition) is 4. The number of carbonyl (C=O) groups is 1. The van der Waals surface area contributed by atoms with E-state index in [1.165, 1.54) is 36.5 Å². The lowest BCUT2D eigenvalue weighted by Gasteiger charge is -2.32. The Balaban J connectivity index is 1.77. The number of aromatic nitrogens is 1. The summed E-state index contributed by atoms with van der Waals surface area (Å²) < 4.78 is 43.4. The van der Waals surface area contributed by atoms with Gasteiger partial charge < -0.3 is 4.90 Å². The Morgan fingerprint density at radius 2 is 1.90 bits per heavy atom. The summed E-state index contributed by atoms with van der Waals surface area (Å²) in [5.41, 5.74) is -0.916. The molecule has 1 aliphatic heterocycles. The smallest absolute Gasteiger partial charge is 0.347 e. The molecule has 1 saturated heterocycles. The largest absolute Gasteiger partial charge is 0.400 e. The molecule has 2 aromatic carbocycles. The number of nitrogens with zero attached hydrogens (tertiary/aromatic N) is 2. The van der Waals surface area contributed by atoms with Gasteiger partial charge in [0.05, 0.1) is 10.2 Å². The predicted molar refractivity (Wildman–Crippen MR) is 111 cm³/mol. The fourth-order valence-corrected chi connectivity index (χ4v) is 5.46. The third kappa shape index (κ3) is 3.49. The summed E-state index contributed by atoms with van der Waals surface area (Å²) in [6, 6.07) is 9.25. The van der Waals surface area contributed by atoms with Crippen LogP contribution in [0.5, 0.6) is 0 Å². The highest BCUT2D eigenvalue weighted by atomic mass is 35.5. The first kappa shape index (κ1) is 20.4. The van der Waals surface area contributed by atoms with Crippen LogP contribution in [0.15, 0.2) is 36.4 Å². The number of fused-ring (bicyclic) bond motifs is 1. The summed E-state index contributed by atoms with van der Waals surface area (Å²) in [5.74, 6) is -0.106. The van der Waals surface area contributed by atoms with Crippen LogP contribution in [0.25, 0.3) is 10.2 Å². The Kier molecular flexibility index (Phi) is 5.04. The van der Waals surface area contributed by atoms with Crippen molar-refractivity contribution in [3.63, 3.8) is 0 Å². The Morgan fingerprint density at radius 3 is 2.52 bits per heavy atom. The normalized spacial score (nSPS) is 19.9. The molecule has 0 amide bonds. The molecule has 1 aliphatic rings. The van der Waals surface area contributed by atoms with E-state index in [1.807, 2.05) is 0 Å². The monoisotopic (exact) mass is 458 g/mol. The van der Waals surface area contributed by atoms with Gasteiger partial charge in [-0.25, -0.2) is 4.98 Å². The lowest BCUT2D eigenvalue weighted by molar-refractivity contribution is -0.184. The van der Waals surface area contributed by atoms with E-state index in [-0.39, 0.29) is 40.9 Å². The SMILES string of the molecule is CC(=O)c1cccc2nc(N3CCC(c4cc(Cl)cc(Cl)c4)(C(F)(F)F)C3)sc12. The van der Waals surface area contributed by atoms with Crippen molar-refractivity contribution in [3.05, 3.63) is 57.6 Å². The highest BCUT2D eigenvalue weighted by Gasteiger charge is 2.59. The average molecular weight is 459 g/mol. The van der Waals surface area contributed by atoms with E-state index in [0.29, 0.717) is 20.9 Å². The third-order valence-corrected chi connectivity index (χ3v) is 6.88. The molecule has 3 nitrogen and oxygen atoms in total. The van der Waals surface area contributed by atoms with Crippen LogP contribution < -0.4 is 4.90 Å². The van der Waals surface area contributed by atoms with Crippen LogP contribution in [0.4, 0.5) is 18.3 Å². The lowest BCUT2D eigenvalue weighted by Crippen LogP contribution is -2.44. The summed E-state index contributed by atoms with van der Waals surface area (Å²) in [7, 11) is 0. The van der Waals surface area contributed by atoms with Crippen molar-refractivity contribution >= 4 is 55.7 Å². The van der Waals surface area contributed by atoms with Crippen LogP contribution in [0.2, 0.25) is 10.0 Å². The van der Waals surface area contributed by atoms with Crippen molar-refractivity contribution in [1.29, 1.82) is 0 Å². The summed E-state index contributed by atoms with van der Waals surface area (Å²) >= 11 is 13.2. The van der Waals surface area contributed by atoms with Crippen molar-refractivity contribution in [2.24, 2.45) is 0 Å². The second-order valence-electron chi connectivity index (χ2n) is 7.12. The number of benzene rings is 2. The number of thiazole rings is 1. The van der Waals surface area contributed by atoms with Gasteiger partial charge in [0.25, 0.3) is 0 Å². The Morgan fingerprint density at radius 1 is 1.21 bits per heavy atom. The Bertz CT molecular complexity index is 1090. The number of ketones is 1. The summed E-state index contributed by atoms with van der Waals surface area (Å²) in [4.78, 5) is 18.0. The van der Waals surface area contributed by atoms with E-state index in [9.17, 15) is 18.0 Å². The maximum Gasteiger partial charge on any atom is 0.400 e.